The standard InChI is InChI=1S/C14H17NO3/c1-3-9(2)12(14(17)18)15-8-10-6-4-5-7-11(10)13(15)16/h4-7,9,12H,3,8H2,1-2H3,(H,17,18)/t9-,12-/m0/s1. The first kappa shape index (κ1) is 12.6. The van der Waals surface area contributed by atoms with E-state index in [0.29, 0.717) is 12.1 Å². The van der Waals surface area contributed by atoms with Gasteiger partial charge in [0.2, 0.25) is 0 Å². The minimum absolute atomic E-state index is 0.0548. The summed E-state index contributed by atoms with van der Waals surface area (Å²) in [6, 6.07) is 6.57. The van der Waals surface area contributed by atoms with Crippen LogP contribution < -0.4 is 0 Å². The predicted octanol–water partition coefficient (Wildman–Crippen LogP) is 2.14. The van der Waals surface area contributed by atoms with Crippen molar-refractivity contribution in [2.45, 2.75) is 32.9 Å². The highest BCUT2D eigenvalue weighted by molar-refractivity contribution is 6.00. The number of fused-ring (bicyclic) bond motifs is 1. The lowest BCUT2D eigenvalue weighted by atomic mass is 9.98. The zero-order chi connectivity index (χ0) is 13.3. The van der Waals surface area contributed by atoms with E-state index in [0.717, 1.165) is 12.0 Å². The Bertz CT molecular complexity index is 484. The van der Waals surface area contributed by atoms with Gasteiger partial charge in [-0.25, -0.2) is 4.79 Å². The predicted molar refractivity (Wildman–Crippen MR) is 67.2 cm³/mol. The summed E-state index contributed by atoms with van der Waals surface area (Å²) < 4.78 is 0. The number of carboxylic acids is 1. The molecule has 0 saturated carbocycles. The molecule has 4 heteroatoms. The molecule has 2 atom stereocenters. The number of aliphatic carboxylic acids is 1. The van der Waals surface area contributed by atoms with Gasteiger partial charge in [-0.1, -0.05) is 38.5 Å². The molecule has 1 amide bonds. The first-order valence-corrected chi connectivity index (χ1v) is 6.18. The number of carbonyl (C=O) groups is 2. The van der Waals surface area contributed by atoms with E-state index in [4.69, 9.17) is 0 Å². The second-order valence-corrected chi connectivity index (χ2v) is 4.76. The molecule has 0 aromatic heterocycles. The van der Waals surface area contributed by atoms with Gasteiger partial charge in [0, 0.05) is 12.1 Å². The molecule has 2 rings (SSSR count). The minimum atomic E-state index is -0.925. The van der Waals surface area contributed by atoms with Gasteiger partial charge in [-0.3, -0.25) is 4.79 Å². The van der Waals surface area contributed by atoms with Crippen molar-refractivity contribution in [3.05, 3.63) is 35.4 Å². The molecule has 0 radical (unpaired) electrons. The number of hydrogen-bond donors (Lipinski definition) is 1. The minimum Gasteiger partial charge on any atom is -0.480 e. The molecular weight excluding hydrogens is 230 g/mol. The second kappa shape index (κ2) is 4.80. The maximum Gasteiger partial charge on any atom is 0.326 e. The van der Waals surface area contributed by atoms with E-state index < -0.39 is 12.0 Å². The number of nitrogens with zero attached hydrogens (tertiary/aromatic N) is 1. The molecule has 1 heterocycles. The fourth-order valence-electron chi connectivity index (χ4n) is 2.41. The van der Waals surface area contributed by atoms with Crippen molar-refractivity contribution >= 4 is 11.9 Å². The molecule has 1 aromatic rings. The third-order valence-corrected chi connectivity index (χ3v) is 3.62. The molecule has 96 valence electrons. The average Bonchev–Trinajstić information content (AvgIpc) is 2.67. The van der Waals surface area contributed by atoms with E-state index in [9.17, 15) is 14.7 Å². The molecule has 1 aromatic carbocycles. The summed E-state index contributed by atoms with van der Waals surface area (Å²) in [4.78, 5) is 25.1. The molecule has 4 nitrogen and oxygen atoms in total. The summed E-state index contributed by atoms with van der Waals surface area (Å²) >= 11 is 0. The first-order chi connectivity index (χ1) is 8.56. The van der Waals surface area contributed by atoms with Crippen LogP contribution in [0.5, 0.6) is 0 Å². The van der Waals surface area contributed by atoms with Crippen LogP contribution in [0, 0.1) is 5.92 Å². The Hall–Kier alpha value is -1.84. The highest BCUT2D eigenvalue weighted by Gasteiger charge is 2.38. The molecule has 0 saturated heterocycles. The van der Waals surface area contributed by atoms with E-state index in [-0.39, 0.29) is 11.8 Å². The van der Waals surface area contributed by atoms with Gasteiger partial charge < -0.3 is 10.0 Å². The van der Waals surface area contributed by atoms with E-state index in [1.54, 1.807) is 12.1 Å². The maximum absolute atomic E-state index is 12.2. The maximum atomic E-state index is 12.2. The topological polar surface area (TPSA) is 57.6 Å². The quantitative estimate of drug-likeness (QED) is 0.886. The van der Waals surface area contributed by atoms with Crippen molar-refractivity contribution in [1.82, 2.24) is 4.90 Å². The Kier molecular flexibility index (Phi) is 3.36. The molecule has 0 unspecified atom stereocenters. The van der Waals surface area contributed by atoms with E-state index >= 15 is 0 Å². The smallest absolute Gasteiger partial charge is 0.326 e. The molecule has 0 fully saturated rings. The monoisotopic (exact) mass is 247 g/mol. The first-order valence-electron chi connectivity index (χ1n) is 6.18. The molecule has 0 spiro atoms. The number of carboxylic acid groups (broad SMARTS) is 1. The van der Waals surface area contributed by atoms with Crippen molar-refractivity contribution in [2.75, 3.05) is 0 Å². The summed E-state index contributed by atoms with van der Waals surface area (Å²) in [5, 5.41) is 9.34. The largest absolute Gasteiger partial charge is 0.480 e. The van der Waals surface area contributed by atoms with Gasteiger partial charge in [-0.15, -0.1) is 0 Å². The van der Waals surface area contributed by atoms with Crippen molar-refractivity contribution in [1.29, 1.82) is 0 Å². The molecule has 1 aliphatic rings. The zero-order valence-corrected chi connectivity index (χ0v) is 10.6. The van der Waals surface area contributed by atoms with Crippen molar-refractivity contribution in [2.24, 2.45) is 5.92 Å². The average molecular weight is 247 g/mol. The lowest BCUT2D eigenvalue weighted by Gasteiger charge is -2.28. The Morgan fingerprint density at radius 3 is 2.67 bits per heavy atom. The van der Waals surface area contributed by atoms with Gasteiger partial charge in [-0.2, -0.15) is 0 Å². The van der Waals surface area contributed by atoms with E-state index in [2.05, 4.69) is 0 Å². The normalized spacial score (nSPS) is 17.4. The van der Waals surface area contributed by atoms with Crippen LogP contribution in [0.25, 0.3) is 0 Å². The Balaban J connectivity index is 2.31. The lowest BCUT2D eigenvalue weighted by Crippen LogP contribution is -2.45. The van der Waals surface area contributed by atoms with Gasteiger partial charge in [0.15, 0.2) is 0 Å². The van der Waals surface area contributed by atoms with Crippen LogP contribution in [0.15, 0.2) is 24.3 Å². The number of benzene rings is 1. The zero-order valence-electron chi connectivity index (χ0n) is 10.6. The van der Waals surface area contributed by atoms with Crippen molar-refractivity contribution in [3.8, 4) is 0 Å². The molecule has 18 heavy (non-hydrogen) atoms. The van der Waals surface area contributed by atoms with Crippen LogP contribution in [0.2, 0.25) is 0 Å². The third kappa shape index (κ3) is 1.98. The lowest BCUT2D eigenvalue weighted by molar-refractivity contribution is -0.144. The Morgan fingerprint density at radius 1 is 1.44 bits per heavy atom. The van der Waals surface area contributed by atoms with Crippen LogP contribution in [-0.4, -0.2) is 27.9 Å². The highest BCUT2D eigenvalue weighted by atomic mass is 16.4. The third-order valence-electron chi connectivity index (χ3n) is 3.62. The van der Waals surface area contributed by atoms with Crippen LogP contribution in [0.3, 0.4) is 0 Å². The van der Waals surface area contributed by atoms with Crippen LogP contribution in [0.4, 0.5) is 0 Å². The van der Waals surface area contributed by atoms with E-state index in [1.165, 1.54) is 4.90 Å². The van der Waals surface area contributed by atoms with Crippen molar-refractivity contribution < 1.29 is 14.7 Å². The van der Waals surface area contributed by atoms with Crippen LogP contribution in [-0.2, 0) is 11.3 Å². The van der Waals surface area contributed by atoms with E-state index in [1.807, 2.05) is 26.0 Å². The molecule has 1 aliphatic heterocycles. The summed E-state index contributed by atoms with van der Waals surface area (Å²) in [6.45, 7) is 4.21. The molecule has 1 N–H and O–H groups in total. The van der Waals surface area contributed by atoms with Crippen LogP contribution in [0.1, 0.15) is 36.2 Å². The number of amides is 1. The number of hydrogen-bond acceptors (Lipinski definition) is 2. The fraction of sp³-hybridized carbons (Fsp3) is 0.429. The number of carbonyl (C=O) groups excluding carboxylic acids is 1. The summed E-state index contributed by atoms with van der Waals surface area (Å²) in [5.74, 6) is -1.15. The molecule has 0 aliphatic carbocycles. The van der Waals surface area contributed by atoms with Gasteiger partial charge in [-0.05, 0) is 17.5 Å². The summed E-state index contributed by atoms with van der Waals surface area (Å²) in [5.41, 5.74) is 1.55. The Morgan fingerprint density at radius 2 is 2.11 bits per heavy atom. The molecular formula is C14H17NO3. The Labute approximate surface area is 106 Å². The summed E-state index contributed by atoms with van der Waals surface area (Å²) in [6.07, 6.45) is 0.733. The second-order valence-electron chi connectivity index (χ2n) is 4.76. The van der Waals surface area contributed by atoms with Gasteiger partial charge in [0.05, 0.1) is 0 Å². The van der Waals surface area contributed by atoms with Crippen molar-refractivity contribution in [3.63, 3.8) is 0 Å². The van der Waals surface area contributed by atoms with Gasteiger partial charge in [0.1, 0.15) is 6.04 Å². The molecule has 0 bridgehead atoms. The SMILES string of the molecule is CC[C@H](C)[C@@H](C(=O)O)N1Cc2ccccc2C1=O. The van der Waals surface area contributed by atoms with Gasteiger partial charge >= 0.3 is 5.97 Å². The highest BCUT2D eigenvalue weighted by Crippen LogP contribution is 2.27. The van der Waals surface area contributed by atoms with Gasteiger partial charge in [0.25, 0.3) is 5.91 Å². The summed E-state index contributed by atoms with van der Waals surface area (Å²) in [7, 11) is 0. The van der Waals surface area contributed by atoms with Crippen LogP contribution >= 0.6 is 0 Å². The number of rotatable bonds is 4. The fourth-order valence-corrected chi connectivity index (χ4v) is 2.41.